The van der Waals surface area contributed by atoms with Crippen molar-refractivity contribution in [2.24, 2.45) is 0 Å². The number of rotatable bonds is 4. The third-order valence-corrected chi connectivity index (χ3v) is 1.05. The van der Waals surface area contributed by atoms with Crippen molar-refractivity contribution >= 4 is 6.16 Å². The van der Waals surface area contributed by atoms with Crippen LogP contribution < -0.4 is 0 Å². The summed E-state index contributed by atoms with van der Waals surface area (Å²) in [4.78, 5) is 10.7. The first-order valence-electron chi connectivity index (χ1n) is 4.00. The molecule has 0 amide bonds. The Balaban J connectivity index is 3.23. The maximum absolute atomic E-state index is 10.7. The molecule has 0 aliphatic carbocycles. The highest BCUT2D eigenvalue weighted by atomic mass is 16.7. The number of hydrogen-bond acceptors (Lipinski definition) is 3. The molecule has 3 heteroatoms. The van der Waals surface area contributed by atoms with E-state index in [1.807, 2.05) is 6.92 Å². The summed E-state index contributed by atoms with van der Waals surface area (Å²) in [5, 5.41) is 0. The van der Waals surface area contributed by atoms with E-state index in [9.17, 15) is 4.79 Å². The van der Waals surface area contributed by atoms with Crippen LogP contribution in [0.1, 0.15) is 33.6 Å². The van der Waals surface area contributed by atoms with E-state index in [0.29, 0.717) is 6.61 Å². The molecular weight excluding hydrogens is 144 g/mol. The number of hydrogen-bond donors (Lipinski definition) is 0. The van der Waals surface area contributed by atoms with Gasteiger partial charge in [-0.05, 0) is 20.3 Å². The minimum absolute atomic E-state index is 0.0934. The molecular formula is C8H16O3. The normalized spacial score (nSPS) is 9.82. The number of carbonyl (C=O) groups is 1. The van der Waals surface area contributed by atoms with E-state index in [1.54, 1.807) is 13.8 Å². The monoisotopic (exact) mass is 160 g/mol. The van der Waals surface area contributed by atoms with Crippen molar-refractivity contribution in [1.29, 1.82) is 0 Å². The zero-order chi connectivity index (χ0) is 8.69. The van der Waals surface area contributed by atoms with Gasteiger partial charge >= 0.3 is 6.16 Å². The third-order valence-electron chi connectivity index (χ3n) is 1.05. The van der Waals surface area contributed by atoms with Crippen molar-refractivity contribution in [2.45, 2.75) is 39.7 Å². The van der Waals surface area contributed by atoms with Crippen molar-refractivity contribution in [3.8, 4) is 0 Å². The van der Waals surface area contributed by atoms with Crippen LogP contribution in [0.2, 0.25) is 0 Å². The second-order valence-corrected chi connectivity index (χ2v) is 2.62. The van der Waals surface area contributed by atoms with Gasteiger partial charge in [-0.3, -0.25) is 0 Å². The Kier molecular flexibility index (Phi) is 5.61. The van der Waals surface area contributed by atoms with E-state index in [1.165, 1.54) is 0 Å². The van der Waals surface area contributed by atoms with Crippen molar-refractivity contribution in [1.82, 2.24) is 0 Å². The average molecular weight is 160 g/mol. The average Bonchev–Trinajstić information content (AvgIpc) is 1.86. The zero-order valence-electron chi connectivity index (χ0n) is 7.42. The number of unbranched alkanes of at least 4 members (excludes halogenated alkanes) is 1. The van der Waals surface area contributed by atoms with E-state index in [2.05, 4.69) is 0 Å². The van der Waals surface area contributed by atoms with Gasteiger partial charge in [-0.25, -0.2) is 4.79 Å². The van der Waals surface area contributed by atoms with Gasteiger partial charge in [0.2, 0.25) is 0 Å². The van der Waals surface area contributed by atoms with Crippen LogP contribution in [0.5, 0.6) is 0 Å². The molecule has 0 spiro atoms. The summed E-state index contributed by atoms with van der Waals surface area (Å²) >= 11 is 0. The van der Waals surface area contributed by atoms with Crippen LogP contribution in [0.3, 0.4) is 0 Å². The highest BCUT2D eigenvalue weighted by Gasteiger charge is 2.04. The molecule has 0 unspecified atom stereocenters. The molecule has 0 saturated carbocycles. The van der Waals surface area contributed by atoms with Gasteiger partial charge in [-0.15, -0.1) is 0 Å². The van der Waals surface area contributed by atoms with Crippen LogP contribution in [-0.4, -0.2) is 18.9 Å². The Morgan fingerprint density at radius 1 is 1.45 bits per heavy atom. The second-order valence-electron chi connectivity index (χ2n) is 2.62. The lowest BCUT2D eigenvalue weighted by molar-refractivity contribution is 0.0339. The first-order chi connectivity index (χ1) is 5.16. The van der Waals surface area contributed by atoms with Crippen molar-refractivity contribution in [3.05, 3.63) is 0 Å². The second kappa shape index (κ2) is 6.01. The highest BCUT2D eigenvalue weighted by Crippen LogP contribution is 1.94. The molecule has 0 aliphatic rings. The molecule has 0 bridgehead atoms. The Morgan fingerprint density at radius 2 is 2.09 bits per heavy atom. The smallest absolute Gasteiger partial charge is 0.434 e. The van der Waals surface area contributed by atoms with Crippen LogP contribution in [0, 0.1) is 0 Å². The topological polar surface area (TPSA) is 35.5 Å². The predicted octanol–water partition coefficient (Wildman–Crippen LogP) is 2.35. The van der Waals surface area contributed by atoms with Gasteiger partial charge in [0.05, 0.1) is 12.7 Å². The van der Waals surface area contributed by atoms with E-state index < -0.39 is 6.16 Å². The van der Waals surface area contributed by atoms with Crippen LogP contribution >= 0.6 is 0 Å². The van der Waals surface area contributed by atoms with Crippen LogP contribution in [-0.2, 0) is 9.47 Å². The fourth-order valence-corrected chi connectivity index (χ4v) is 0.526. The van der Waals surface area contributed by atoms with Gasteiger partial charge < -0.3 is 9.47 Å². The molecule has 0 aliphatic heterocycles. The summed E-state index contributed by atoms with van der Waals surface area (Å²) in [6.07, 6.45) is 1.26. The fourth-order valence-electron chi connectivity index (χ4n) is 0.526. The molecule has 0 saturated heterocycles. The quantitative estimate of drug-likeness (QED) is 0.467. The standard InChI is InChI=1S/C8H16O3/c1-4-5-6-10-8(9)11-7(2)3/h7H,4-6H2,1-3H3. The summed E-state index contributed by atoms with van der Waals surface area (Å²) < 4.78 is 9.47. The largest absolute Gasteiger partial charge is 0.508 e. The lowest BCUT2D eigenvalue weighted by Crippen LogP contribution is -2.13. The molecule has 0 heterocycles. The van der Waals surface area contributed by atoms with Gasteiger partial charge in [0.25, 0.3) is 0 Å². The summed E-state index contributed by atoms with van der Waals surface area (Å²) in [5.41, 5.74) is 0. The summed E-state index contributed by atoms with van der Waals surface area (Å²) in [6, 6.07) is 0. The maximum atomic E-state index is 10.7. The molecule has 66 valence electrons. The van der Waals surface area contributed by atoms with Gasteiger partial charge in [0, 0.05) is 0 Å². The third kappa shape index (κ3) is 7.16. The molecule has 0 N–H and O–H groups in total. The summed E-state index contributed by atoms with van der Waals surface area (Å²) in [6.45, 7) is 6.08. The first kappa shape index (κ1) is 10.3. The van der Waals surface area contributed by atoms with E-state index >= 15 is 0 Å². The minimum Gasteiger partial charge on any atom is -0.434 e. The first-order valence-corrected chi connectivity index (χ1v) is 4.00. The number of carbonyl (C=O) groups excluding carboxylic acids is 1. The molecule has 3 nitrogen and oxygen atoms in total. The van der Waals surface area contributed by atoms with Crippen molar-refractivity contribution in [3.63, 3.8) is 0 Å². The van der Waals surface area contributed by atoms with E-state index in [0.717, 1.165) is 12.8 Å². The zero-order valence-corrected chi connectivity index (χ0v) is 7.42. The molecule has 0 rings (SSSR count). The van der Waals surface area contributed by atoms with Crippen molar-refractivity contribution in [2.75, 3.05) is 6.61 Å². The van der Waals surface area contributed by atoms with Gasteiger partial charge in [0.1, 0.15) is 0 Å². The maximum Gasteiger partial charge on any atom is 0.508 e. The van der Waals surface area contributed by atoms with E-state index in [4.69, 9.17) is 9.47 Å². The van der Waals surface area contributed by atoms with Crippen LogP contribution in [0.15, 0.2) is 0 Å². The Labute approximate surface area is 67.7 Å². The van der Waals surface area contributed by atoms with E-state index in [-0.39, 0.29) is 6.10 Å². The summed E-state index contributed by atoms with van der Waals surface area (Å²) in [7, 11) is 0. The van der Waals surface area contributed by atoms with Gasteiger partial charge in [-0.2, -0.15) is 0 Å². The van der Waals surface area contributed by atoms with Crippen molar-refractivity contribution < 1.29 is 14.3 Å². The molecule has 0 aromatic heterocycles. The lowest BCUT2D eigenvalue weighted by Gasteiger charge is -2.07. The van der Waals surface area contributed by atoms with Gasteiger partial charge in [-0.1, -0.05) is 13.3 Å². The fraction of sp³-hybridized carbons (Fsp3) is 0.875. The molecule has 0 aromatic carbocycles. The van der Waals surface area contributed by atoms with Crippen LogP contribution in [0.25, 0.3) is 0 Å². The Hall–Kier alpha value is -0.730. The summed E-state index contributed by atoms with van der Waals surface area (Å²) in [5.74, 6) is 0. The van der Waals surface area contributed by atoms with Crippen LogP contribution in [0.4, 0.5) is 4.79 Å². The molecule has 0 radical (unpaired) electrons. The Bertz CT molecular complexity index is 110. The Morgan fingerprint density at radius 3 is 2.55 bits per heavy atom. The SMILES string of the molecule is CCCCOC(=O)OC(C)C. The molecule has 0 atom stereocenters. The molecule has 0 fully saturated rings. The van der Waals surface area contributed by atoms with Gasteiger partial charge in [0.15, 0.2) is 0 Å². The minimum atomic E-state index is -0.562. The molecule has 11 heavy (non-hydrogen) atoms. The highest BCUT2D eigenvalue weighted by molar-refractivity contribution is 5.59. The number of ether oxygens (including phenoxy) is 2. The molecule has 0 aromatic rings. The predicted molar refractivity (Wildman–Crippen MR) is 42.5 cm³/mol. The lowest BCUT2D eigenvalue weighted by atomic mass is 10.4.